The second-order valence-electron chi connectivity index (χ2n) is 4.26. The van der Waals surface area contributed by atoms with Crippen LogP contribution in [0.5, 0.6) is 0 Å². The van der Waals surface area contributed by atoms with Gasteiger partial charge >= 0.3 is 0 Å². The van der Waals surface area contributed by atoms with Crippen molar-refractivity contribution >= 4 is 66.4 Å². The summed E-state index contributed by atoms with van der Waals surface area (Å²) in [6.07, 6.45) is 0. The van der Waals surface area contributed by atoms with E-state index in [1.807, 2.05) is 0 Å². The molecule has 0 fully saturated rings. The molecule has 3 nitrogen and oxygen atoms in total. The van der Waals surface area contributed by atoms with Gasteiger partial charge in [-0.3, -0.25) is 4.72 Å². The molecule has 0 radical (unpaired) electrons. The van der Waals surface area contributed by atoms with Gasteiger partial charge in [-0.1, -0.05) is 50.7 Å². The maximum absolute atomic E-state index is 12.4. The van der Waals surface area contributed by atoms with E-state index in [0.29, 0.717) is 9.50 Å². The highest BCUT2D eigenvalue weighted by Crippen LogP contribution is 2.32. The van der Waals surface area contributed by atoms with Crippen LogP contribution in [0.25, 0.3) is 0 Å². The fraction of sp³-hybridized carbons (Fsp3) is 0.0769. The van der Waals surface area contributed by atoms with Crippen molar-refractivity contribution in [1.29, 1.82) is 0 Å². The van der Waals surface area contributed by atoms with E-state index in [0.717, 1.165) is 5.56 Å². The second-order valence-corrected chi connectivity index (χ2v) is 8.05. The highest BCUT2D eigenvalue weighted by atomic mass is 79.9. The minimum Gasteiger partial charge on any atom is -0.278 e. The van der Waals surface area contributed by atoms with E-state index in [2.05, 4.69) is 20.7 Å². The third-order valence-corrected chi connectivity index (χ3v) is 5.74. The molecule has 21 heavy (non-hydrogen) atoms. The minimum atomic E-state index is -3.86. The number of nitrogens with one attached hydrogen (secondary N) is 1. The van der Waals surface area contributed by atoms with Crippen molar-refractivity contribution in [2.75, 3.05) is 4.72 Å². The van der Waals surface area contributed by atoms with Crippen LogP contribution in [0, 0.1) is 6.92 Å². The summed E-state index contributed by atoms with van der Waals surface area (Å²) >= 11 is 21.2. The molecule has 0 aromatic heterocycles. The molecule has 0 unspecified atom stereocenters. The van der Waals surface area contributed by atoms with Crippen LogP contribution in [-0.2, 0) is 10.0 Å². The van der Waals surface area contributed by atoms with Gasteiger partial charge in [0.15, 0.2) is 0 Å². The monoisotopic (exact) mass is 427 g/mol. The van der Waals surface area contributed by atoms with E-state index in [1.54, 1.807) is 19.1 Å². The number of sulfonamides is 1. The molecule has 2 rings (SSSR count). The molecule has 1 N–H and O–H groups in total. The average molecular weight is 430 g/mol. The zero-order valence-electron chi connectivity index (χ0n) is 10.6. The van der Waals surface area contributed by atoms with Crippen molar-refractivity contribution in [3.8, 4) is 0 Å². The number of benzene rings is 2. The molecule has 8 heteroatoms. The van der Waals surface area contributed by atoms with Crippen LogP contribution in [0.3, 0.4) is 0 Å². The molecule has 0 aliphatic rings. The zero-order valence-corrected chi connectivity index (χ0v) is 15.3. The Balaban J connectivity index is 2.45. The second kappa shape index (κ2) is 6.34. The number of anilines is 1. The third kappa shape index (κ3) is 3.85. The van der Waals surface area contributed by atoms with E-state index in [-0.39, 0.29) is 20.6 Å². The SMILES string of the molecule is Cc1cc(Cl)c(NS(=O)(=O)c2ccc(Br)cc2Cl)cc1Cl. The Morgan fingerprint density at radius 3 is 2.29 bits per heavy atom. The van der Waals surface area contributed by atoms with Crippen LogP contribution < -0.4 is 4.72 Å². The Labute approximate surface area is 146 Å². The molecule has 2 aromatic carbocycles. The molecule has 0 atom stereocenters. The Bertz CT molecular complexity index is 809. The smallest absolute Gasteiger partial charge is 0.263 e. The van der Waals surface area contributed by atoms with Crippen LogP contribution in [0.15, 0.2) is 39.7 Å². The number of halogens is 4. The van der Waals surface area contributed by atoms with Gasteiger partial charge in [0.25, 0.3) is 10.0 Å². The molecule has 0 aliphatic heterocycles. The Kier molecular flexibility index (Phi) is 5.11. The molecular formula is C13H9BrCl3NO2S. The molecule has 112 valence electrons. The quantitative estimate of drug-likeness (QED) is 0.698. The first-order valence-corrected chi connectivity index (χ1v) is 9.05. The third-order valence-electron chi connectivity index (χ3n) is 2.68. The first-order valence-electron chi connectivity index (χ1n) is 5.64. The van der Waals surface area contributed by atoms with Crippen molar-refractivity contribution < 1.29 is 8.42 Å². The van der Waals surface area contributed by atoms with Gasteiger partial charge in [-0.25, -0.2) is 8.42 Å². The zero-order chi connectivity index (χ0) is 15.8. The summed E-state index contributed by atoms with van der Waals surface area (Å²) in [5, 5.41) is 0.777. The predicted molar refractivity (Wildman–Crippen MR) is 91.2 cm³/mol. The maximum atomic E-state index is 12.4. The number of rotatable bonds is 3. The standard InChI is InChI=1S/C13H9BrCl3NO2S/c1-7-4-10(16)12(6-9(7)15)18-21(19,20)13-3-2-8(14)5-11(13)17/h2-6,18H,1H3. The molecule has 0 amide bonds. The van der Waals surface area contributed by atoms with Gasteiger partial charge in [-0.2, -0.15) is 0 Å². The minimum absolute atomic E-state index is 0.0415. The Morgan fingerprint density at radius 1 is 1.00 bits per heavy atom. The van der Waals surface area contributed by atoms with E-state index in [4.69, 9.17) is 34.8 Å². The normalized spacial score (nSPS) is 11.5. The van der Waals surface area contributed by atoms with Crippen molar-refractivity contribution in [1.82, 2.24) is 0 Å². The lowest BCUT2D eigenvalue weighted by Gasteiger charge is -2.12. The average Bonchev–Trinajstić information content (AvgIpc) is 2.35. The van der Waals surface area contributed by atoms with E-state index < -0.39 is 10.0 Å². The summed E-state index contributed by atoms with van der Waals surface area (Å²) in [6.45, 7) is 1.78. The van der Waals surface area contributed by atoms with E-state index in [1.165, 1.54) is 18.2 Å². The van der Waals surface area contributed by atoms with Gasteiger partial charge in [0, 0.05) is 9.50 Å². The van der Waals surface area contributed by atoms with Crippen LogP contribution >= 0.6 is 50.7 Å². The van der Waals surface area contributed by atoms with Gasteiger partial charge in [0.2, 0.25) is 0 Å². The lowest BCUT2D eigenvalue weighted by atomic mass is 10.2. The van der Waals surface area contributed by atoms with Crippen molar-refractivity contribution in [2.24, 2.45) is 0 Å². The highest BCUT2D eigenvalue weighted by Gasteiger charge is 2.20. The molecule has 0 bridgehead atoms. The van der Waals surface area contributed by atoms with Crippen LogP contribution in [0.1, 0.15) is 5.56 Å². The molecule has 0 aliphatic carbocycles. The van der Waals surface area contributed by atoms with Crippen LogP contribution in [0.4, 0.5) is 5.69 Å². The summed E-state index contributed by atoms with van der Waals surface area (Å²) in [7, 11) is -3.86. The van der Waals surface area contributed by atoms with E-state index >= 15 is 0 Å². The molecule has 0 heterocycles. The summed E-state index contributed by atoms with van der Waals surface area (Å²) in [5.74, 6) is 0. The Morgan fingerprint density at radius 2 is 1.67 bits per heavy atom. The first kappa shape index (κ1) is 16.9. The number of hydrogen-bond acceptors (Lipinski definition) is 2. The first-order chi connectivity index (χ1) is 9.70. The number of hydrogen-bond donors (Lipinski definition) is 1. The molecule has 0 saturated carbocycles. The van der Waals surface area contributed by atoms with Gasteiger partial charge < -0.3 is 0 Å². The van der Waals surface area contributed by atoms with E-state index in [9.17, 15) is 8.42 Å². The van der Waals surface area contributed by atoms with Gasteiger partial charge in [-0.05, 0) is 42.8 Å². The van der Waals surface area contributed by atoms with Gasteiger partial charge in [-0.15, -0.1) is 0 Å². The predicted octanol–water partition coefficient (Wildman–Crippen LogP) is 5.52. The molecule has 2 aromatic rings. The maximum Gasteiger partial charge on any atom is 0.263 e. The number of aryl methyl sites for hydroxylation is 1. The summed E-state index contributed by atoms with van der Waals surface area (Å²) < 4.78 is 27.8. The fourth-order valence-corrected chi connectivity index (χ4v) is 4.21. The van der Waals surface area contributed by atoms with Crippen LogP contribution in [0.2, 0.25) is 15.1 Å². The molecule has 0 spiro atoms. The molecule has 0 saturated heterocycles. The lowest BCUT2D eigenvalue weighted by molar-refractivity contribution is 0.601. The Hall–Kier alpha value is -0.460. The summed E-state index contributed by atoms with van der Waals surface area (Å²) in [6, 6.07) is 7.54. The molecular weight excluding hydrogens is 420 g/mol. The van der Waals surface area contributed by atoms with Crippen molar-refractivity contribution in [2.45, 2.75) is 11.8 Å². The largest absolute Gasteiger partial charge is 0.278 e. The van der Waals surface area contributed by atoms with Gasteiger partial charge in [0.05, 0.1) is 15.7 Å². The summed E-state index contributed by atoms with van der Waals surface area (Å²) in [5.41, 5.74) is 0.956. The van der Waals surface area contributed by atoms with Crippen molar-refractivity contribution in [3.05, 3.63) is 55.4 Å². The fourth-order valence-electron chi connectivity index (χ4n) is 1.62. The summed E-state index contributed by atoms with van der Waals surface area (Å²) in [4.78, 5) is -0.0415. The highest BCUT2D eigenvalue weighted by molar-refractivity contribution is 9.10. The lowest BCUT2D eigenvalue weighted by Crippen LogP contribution is -2.14. The van der Waals surface area contributed by atoms with Gasteiger partial charge in [0.1, 0.15) is 4.90 Å². The van der Waals surface area contributed by atoms with Crippen molar-refractivity contribution in [3.63, 3.8) is 0 Å². The van der Waals surface area contributed by atoms with Crippen LogP contribution in [-0.4, -0.2) is 8.42 Å². The topological polar surface area (TPSA) is 46.2 Å².